The molecule has 1 aliphatic carbocycles. The van der Waals surface area contributed by atoms with Gasteiger partial charge in [-0.05, 0) is 74.1 Å². The van der Waals surface area contributed by atoms with Crippen molar-refractivity contribution in [3.05, 3.63) is 88.9 Å². The minimum atomic E-state index is -0.592. The van der Waals surface area contributed by atoms with Crippen LogP contribution in [0.25, 0.3) is 0 Å². The Morgan fingerprint density at radius 3 is 2.70 bits per heavy atom. The van der Waals surface area contributed by atoms with Gasteiger partial charge in [0.15, 0.2) is 11.9 Å². The number of nitrogens with zero attached hydrogens (tertiary/aromatic N) is 1. The van der Waals surface area contributed by atoms with Gasteiger partial charge in [-0.25, -0.2) is 0 Å². The molecule has 2 aromatic carbocycles. The molecule has 0 radical (unpaired) electrons. The normalized spacial score (nSPS) is 18.4. The van der Waals surface area contributed by atoms with Gasteiger partial charge in [0.05, 0.1) is 12.3 Å². The van der Waals surface area contributed by atoms with Crippen molar-refractivity contribution in [2.24, 2.45) is 0 Å². The summed E-state index contributed by atoms with van der Waals surface area (Å²) in [6.45, 7) is 4.40. The van der Waals surface area contributed by atoms with Crippen molar-refractivity contribution in [3.8, 4) is 5.75 Å². The number of rotatable bonds is 6. The highest BCUT2D eigenvalue weighted by atomic mass is 16.5. The second kappa shape index (κ2) is 8.77. The monoisotopic (exact) mass is 444 g/mol. The van der Waals surface area contributed by atoms with E-state index in [1.165, 1.54) is 11.8 Å². The third-order valence-electron chi connectivity index (χ3n) is 6.30. The number of fused-ring (bicyclic) bond motifs is 1. The molecule has 6 heteroatoms. The van der Waals surface area contributed by atoms with Gasteiger partial charge in [-0.15, -0.1) is 0 Å². The van der Waals surface area contributed by atoms with Crippen LogP contribution in [0.5, 0.6) is 5.75 Å². The molecule has 33 heavy (non-hydrogen) atoms. The highest BCUT2D eigenvalue weighted by molar-refractivity contribution is 5.92. The predicted molar refractivity (Wildman–Crippen MR) is 124 cm³/mol. The van der Waals surface area contributed by atoms with E-state index in [0.29, 0.717) is 24.1 Å². The van der Waals surface area contributed by atoms with Crippen LogP contribution in [-0.2, 0) is 11.2 Å². The first-order valence-corrected chi connectivity index (χ1v) is 11.5. The summed E-state index contributed by atoms with van der Waals surface area (Å²) in [6.07, 6.45) is 3.74. The number of ether oxygens (including phenoxy) is 1. The van der Waals surface area contributed by atoms with E-state index in [4.69, 9.17) is 9.15 Å². The van der Waals surface area contributed by atoms with Gasteiger partial charge in [-0.3, -0.25) is 9.59 Å². The van der Waals surface area contributed by atoms with Crippen molar-refractivity contribution >= 4 is 11.8 Å². The molecule has 2 aliphatic rings. The van der Waals surface area contributed by atoms with E-state index < -0.39 is 6.10 Å². The van der Waals surface area contributed by atoms with Crippen molar-refractivity contribution in [2.75, 3.05) is 6.54 Å². The number of carbonyl (C=O) groups excluding carboxylic acids is 2. The van der Waals surface area contributed by atoms with Gasteiger partial charge >= 0.3 is 0 Å². The first kappa shape index (κ1) is 21.3. The zero-order valence-electron chi connectivity index (χ0n) is 18.9. The fourth-order valence-electron chi connectivity index (χ4n) is 4.43. The van der Waals surface area contributed by atoms with E-state index in [0.717, 1.165) is 36.0 Å². The lowest BCUT2D eigenvalue weighted by molar-refractivity contribution is -0.127. The Morgan fingerprint density at radius 2 is 1.97 bits per heavy atom. The summed E-state index contributed by atoms with van der Waals surface area (Å²) in [4.78, 5) is 27.6. The number of hydrogen-bond donors (Lipinski definition) is 1. The van der Waals surface area contributed by atoms with E-state index in [1.807, 2.05) is 42.2 Å². The average molecular weight is 445 g/mol. The summed E-state index contributed by atoms with van der Waals surface area (Å²) < 4.78 is 11.4. The second-order valence-corrected chi connectivity index (χ2v) is 8.95. The molecule has 1 saturated carbocycles. The summed E-state index contributed by atoms with van der Waals surface area (Å²) in [7, 11) is 0. The summed E-state index contributed by atoms with van der Waals surface area (Å²) in [6, 6.07) is 17.6. The van der Waals surface area contributed by atoms with Crippen LogP contribution in [0.4, 0.5) is 0 Å². The highest BCUT2D eigenvalue weighted by Gasteiger charge is 2.34. The van der Waals surface area contributed by atoms with Crippen LogP contribution < -0.4 is 10.1 Å². The fourth-order valence-corrected chi connectivity index (χ4v) is 4.43. The van der Waals surface area contributed by atoms with E-state index in [-0.39, 0.29) is 17.9 Å². The van der Waals surface area contributed by atoms with Crippen molar-refractivity contribution < 1.29 is 18.7 Å². The quantitative estimate of drug-likeness (QED) is 0.611. The molecule has 5 rings (SSSR count). The van der Waals surface area contributed by atoms with Gasteiger partial charge in [-0.1, -0.05) is 35.9 Å². The summed E-state index contributed by atoms with van der Waals surface area (Å²) in [5.74, 6) is 0.715. The van der Waals surface area contributed by atoms with Crippen molar-refractivity contribution in [3.63, 3.8) is 0 Å². The van der Waals surface area contributed by atoms with Gasteiger partial charge in [0.2, 0.25) is 0 Å². The number of amides is 2. The molecule has 1 N–H and O–H groups in total. The number of furan rings is 1. The van der Waals surface area contributed by atoms with Crippen LogP contribution in [0.3, 0.4) is 0 Å². The minimum Gasteiger partial charge on any atom is -0.481 e. The van der Waals surface area contributed by atoms with Crippen molar-refractivity contribution in [2.45, 2.75) is 51.3 Å². The molecular weight excluding hydrogens is 416 g/mol. The lowest BCUT2D eigenvalue weighted by Gasteiger charge is -2.37. The van der Waals surface area contributed by atoms with Crippen LogP contribution in [-0.4, -0.2) is 35.4 Å². The molecule has 0 unspecified atom stereocenters. The maximum atomic E-state index is 13.3. The maximum absolute atomic E-state index is 13.3. The molecule has 2 amide bonds. The third kappa shape index (κ3) is 4.51. The predicted octanol–water partition coefficient (Wildman–Crippen LogP) is 4.42. The standard InChI is InChI=1S/C27H28N2O4/c1-17-5-3-6-20(15-17)25-23-16-22(33-18(2)26(30)28-21-9-10-21)11-8-19(23)12-13-29(25)27(31)24-7-4-14-32-24/h3-8,11,14-16,18,21,25H,9-10,12-13H2,1-2H3,(H,28,30)/t18-,25+/m1/s1. The molecule has 0 bridgehead atoms. The molecule has 1 fully saturated rings. The van der Waals surface area contributed by atoms with Crippen molar-refractivity contribution in [1.82, 2.24) is 10.2 Å². The van der Waals surface area contributed by atoms with E-state index in [9.17, 15) is 9.59 Å². The zero-order chi connectivity index (χ0) is 22.9. The Morgan fingerprint density at radius 1 is 1.12 bits per heavy atom. The van der Waals surface area contributed by atoms with E-state index in [2.05, 4.69) is 17.4 Å². The summed E-state index contributed by atoms with van der Waals surface area (Å²) in [5, 5.41) is 2.99. The molecule has 2 heterocycles. The van der Waals surface area contributed by atoms with Gasteiger partial charge in [0, 0.05) is 12.6 Å². The van der Waals surface area contributed by atoms with E-state index >= 15 is 0 Å². The Kier molecular flexibility index (Phi) is 5.67. The fraction of sp³-hybridized carbons (Fsp3) is 0.333. The van der Waals surface area contributed by atoms with Crippen LogP contribution in [0.15, 0.2) is 65.3 Å². The van der Waals surface area contributed by atoms with Crippen molar-refractivity contribution in [1.29, 1.82) is 0 Å². The Bertz CT molecular complexity index is 1170. The topological polar surface area (TPSA) is 71.8 Å². The highest BCUT2D eigenvalue weighted by Crippen LogP contribution is 2.38. The Labute approximate surface area is 193 Å². The molecule has 3 aromatic rings. The lowest BCUT2D eigenvalue weighted by atomic mass is 9.87. The molecule has 170 valence electrons. The minimum absolute atomic E-state index is 0.0971. The van der Waals surface area contributed by atoms with Gasteiger partial charge in [0.1, 0.15) is 5.75 Å². The van der Waals surface area contributed by atoms with Crippen LogP contribution in [0, 0.1) is 6.92 Å². The van der Waals surface area contributed by atoms with Gasteiger partial charge in [-0.2, -0.15) is 0 Å². The molecule has 0 spiro atoms. The second-order valence-electron chi connectivity index (χ2n) is 8.95. The number of nitrogens with one attached hydrogen (secondary N) is 1. The molecule has 6 nitrogen and oxygen atoms in total. The largest absolute Gasteiger partial charge is 0.481 e. The average Bonchev–Trinajstić information content (AvgIpc) is 3.45. The number of aryl methyl sites for hydroxylation is 1. The SMILES string of the molecule is Cc1cccc([C@H]2c3cc(O[C@H](C)C(=O)NC4CC4)ccc3CCN2C(=O)c2ccco2)c1. The van der Waals surface area contributed by atoms with Crippen LogP contribution in [0.1, 0.15) is 58.6 Å². The first-order chi connectivity index (χ1) is 16.0. The summed E-state index contributed by atoms with van der Waals surface area (Å²) in [5.41, 5.74) is 4.35. The number of carbonyl (C=O) groups is 2. The molecular formula is C27H28N2O4. The Balaban J connectivity index is 1.49. The molecule has 0 saturated heterocycles. The van der Waals surface area contributed by atoms with Crippen LogP contribution >= 0.6 is 0 Å². The van der Waals surface area contributed by atoms with E-state index in [1.54, 1.807) is 19.1 Å². The Hall–Kier alpha value is -3.54. The molecule has 1 aliphatic heterocycles. The number of hydrogen-bond acceptors (Lipinski definition) is 4. The zero-order valence-corrected chi connectivity index (χ0v) is 18.9. The summed E-state index contributed by atoms with van der Waals surface area (Å²) >= 11 is 0. The van der Waals surface area contributed by atoms with Crippen LogP contribution in [0.2, 0.25) is 0 Å². The lowest BCUT2D eigenvalue weighted by Crippen LogP contribution is -2.40. The van der Waals surface area contributed by atoms with Gasteiger partial charge < -0.3 is 19.4 Å². The first-order valence-electron chi connectivity index (χ1n) is 11.5. The third-order valence-corrected chi connectivity index (χ3v) is 6.30. The number of benzene rings is 2. The molecule has 2 atom stereocenters. The maximum Gasteiger partial charge on any atom is 0.290 e. The smallest absolute Gasteiger partial charge is 0.290 e. The molecule has 1 aromatic heterocycles. The van der Waals surface area contributed by atoms with Gasteiger partial charge in [0.25, 0.3) is 11.8 Å².